The van der Waals surface area contributed by atoms with Crippen molar-refractivity contribution < 1.29 is 5.11 Å². The summed E-state index contributed by atoms with van der Waals surface area (Å²) in [6.07, 6.45) is 4.91. The first kappa shape index (κ1) is 9.44. The van der Waals surface area contributed by atoms with Crippen LogP contribution in [0.3, 0.4) is 0 Å². The Morgan fingerprint density at radius 3 is 2.62 bits per heavy atom. The Kier molecular flexibility index (Phi) is 2.86. The zero-order chi connectivity index (χ0) is 9.15. The van der Waals surface area contributed by atoms with Crippen molar-refractivity contribution in [1.82, 2.24) is 10.2 Å². The summed E-state index contributed by atoms with van der Waals surface area (Å²) in [4.78, 5) is 2.41. The maximum atomic E-state index is 10.1. The highest BCUT2D eigenvalue weighted by atomic mass is 16.3. The molecule has 0 aromatic carbocycles. The van der Waals surface area contributed by atoms with Gasteiger partial charge < -0.3 is 15.3 Å². The van der Waals surface area contributed by atoms with Gasteiger partial charge in [-0.3, -0.25) is 0 Å². The van der Waals surface area contributed by atoms with E-state index in [-0.39, 0.29) is 0 Å². The lowest BCUT2D eigenvalue weighted by molar-refractivity contribution is 0.0155. The van der Waals surface area contributed by atoms with Crippen molar-refractivity contribution in [2.75, 3.05) is 32.7 Å². The SMILES string of the molecule is OC1(CN2CCCCC2)CCNC1. The molecule has 0 spiro atoms. The Bertz CT molecular complexity index is 160. The molecule has 0 saturated carbocycles. The van der Waals surface area contributed by atoms with Crippen LogP contribution >= 0.6 is 0 Å². The first-order chi connectivity index (χ1) is 6.29. The van der Waals surface area contributed by atoms with Gasteiger partial charge in [0.2, 0.25) is 0 Å². The fraction of sp³-hybridized carbons (Fsp3) is 1.00. The third-order valence-corrected chi connectivity index (χ3v) is 3.19. The van der Waals surface area contributed by atoms with Gasteiger partial charge in [-0.15, -0.1) is 0 Å². The van der Waals surface area contributed by atoms with E-state index in [0.29, 0.717) is 0 Å². The first-order valence-electron chi connectivity index (χ1n) is 5.44. The summed E-state index contributed by atoms with van der Waals surface area (Å²) >= 11 is 0. The standard InChI is InChI=1S/C10H20N2O/c13-10(4-5-11-8-10)9-12-6-2-1-3-7-12/h11,13H,1-9H2. The summed E-state index contributed by atoms with van der Waals surface area (Å²) in [5.41, 5.74) is -0.433. The molecule has 0 radical (unpaired) electrons. The van der Waals surface area contributed by atoms with Crippen LogP contribution in [0.4, 0.5) is 0 Å². The van der Waals surface area contributed by atoms with Gasteiger partial charge in [0.15, 0.2) is 0 Å². The number of nitrogens with one attached hydrogen (secondary N) is 1. The van der Waals surface area contributed by atoms with Crippen molar-refractivity contribution in [3.8, 4) is 0 Å². The Balaban J connectivity index is 1.81. The number of rotatable bonds is 2. The van der Waals surface area contributed by atoms with Gasteiger partial charge in [0, 0.05) is 13.1 Å². The average molecular weight is 184 g/mol. The van der Waals surface area contributed by atoms with E-state index in [2.05, 4.69) is 10.2 Å². The molecule has 2 fully saturated rings. The smallest absolute Gasteiger partial charge is 0.0909 e. The topological polar surface area (TPSA) is 35.5 Å². The van der Waals surface area contributed by atoms with Gasteiger partial charge in [-0.1, -0.05) is 6.42 Å². The van der Waals surface area contributed by atoms with E-state index in [4.69, 9.17) is 0 Å². The molecule has 0 bridgehead atoms. The number of β-amino-alcohol motifs (C(OH)–C–C–N with tert-alkyl or cyclic N) is 1. The Hall–Kier alpha value is -0.120. The van der Waals surface area contributed by atoms with E-state index in [0.717, 1.165) is 26.1 Å². The van der Waals surface area contributed by atoms with Crippen molar-refractivity contribution in [2.45, 2.75) is 31.3 Å². The molecule has 2 saturated heterocycles. The summed E-state index contributed by atoms with van der Waals surface area (Å²) in [6, 6.07) is 0. The van der Waals surface area contributed by atoms with Crippen LogP contribution in [0.25, 0.3) is 0 Å². The number of hydrogen-bond acceptors (Lipinski definition) is 3. The van der Waals surface area contributed by atoms with Crippen molar-refractivity contribution >= 4 is 0 Å². The molecular weight excluding hydrogens is 164 g/mol. The lowest BCUT2D eigenvalue weighted by Gasteiger charge is -2.33. The van der Waals surface area contributed by atoms with Gasteiger partial charge in [0.1, 0.15) is 0 Å². The molecule has 2 aliphatic heterocycles. The minimum atomic E-state index is -0.433. The van der Waals surface area contributed by atoms with Crippen LogP contribution in [-0.4, -0.2) is 48.3 Å². The summed E-state index contributed by atoms with van der Waals surface area (Å²) in [7, 11) is 0. The van der Waals surface area contributed by atoms with E-state index < -0.39 is 5.60 Å². The van der Waals surface area contributed by atoms with Gasteiger partial charge in [0.25, 0.3) is 0 Å². The molecule has 13 heavy (non-hydrogen) atoms. The molecule has 0 aliphatic carbocycles. The molecule has 2 heterocycles. The van der Waals surface area contributed by atoms with Crippen LogP contribution in [0.5, 0.6) is 0 Å². The Morgan fingerprint density at radius 1 is 1.23 bits per heavy atom. The van der Waals surface area contributed by atoms with E-state index in [1.54, 1.807) is 0 Å². The van der Waals surface area contributed by atoms with Crippen molar-refractivity contribution in [1.29, 1.82) is 0 Å². The third kappa shape index (κ3) is 2.42. The fourth-order valence-corrected chi connectivity index (χ4v) is 2.40. The molecule has 2 rings (SSSR count). The largest absolute Gasteiger partial charge is 0.387 e. The van der Waals surface area contributed by atoms with Crippen molar-refractivity contribution in [3.63, 3.8) is 0 Å². The average Bonchev–Trinajstić information content (AvgIpc) is 2.54. The second-order valence-corrected chi connectivity index (χ2v) is 4.49. The lowest BCUT2D eigenvalue weighted by Crippen LogP contribution is -2.46. The van der Waals surface area contributed by atoms with E-state index in [1.807, 2.05) is 0 Å². The predicted molar refractivity (Wildman–Crippen MR) is 52.7 cm³/mol. The molecule has 3 nitrogen and oxygen atoms in total. The fourth-order valence-electron chi connectivity index (χ4n) is 2.40. The van der Waals surface area contributed by atoms with Crippen molar-refractivity contribution in [2.24, 2.45) is 0 Å². The maximum Gasteiger partial charge on any atom is 0.0909 e. The van der Waals surface area contributed by atoms with E-state index in [1.165, 1.54) is 32.4 Å². The molecule has 0 aromatic heterocycles. The van der Waals surface area contributed by atoms with E-state index in [9.17, 15) is 5.11 Å². The Labute approximate surface area is 80.1 Å². The van der Waals surface area contributed by atoms with Gasteiger partial charge >= 0.3 is 0 Å². The monoisotopic (exact) mass is 184 g/mol. The number of hydrogen-bond donors (Lipinski definition) is 2. The number of nitrogens with zero attached hydrogens (tertiary/aromatic N) is 1. The molecule has 1 atom stereocenters. The Morgan fingerprint density at radius 2 is 2.00 bits per heavy atom. The van der Waals surface area contributed by atoms with Crippen LogP contribution in [0.2, 0.25) is 0 Å². The number of likely N-dealkylation sites (tertiary alicyclic amines) is 1. The van der Waals surface area contributed by atoms with Crippen LogP contribution in [-0.2, 0) is 0 Å². The third-order valence-electron chi connectivity index (χ3n) is 3.19. The molecular formula is C10H20N2O. The maximum absolute atomic E-state index is 10.1. The normalized spacial score (nSPS) is 36.7. The predicted octanol–water partition coefficient (Wildman–Crippen LogP) is 0.197. The molecule has 0 aromatic rings. The molecule has 0 amide bonds. The highest BCUT2D eigenvalue weighted by molar-refractivity contribution is 4.90. The molecule has 3 heteroatoms. The van der Waals surface area contributed by atoms with Crippen LogP contribution in [0, 0.1) is 0 Å². The highest BCUT2D eigenvalue weighted by Crippen LogP contribution is 2.18. The van der Waals surface area contributed by atoms with Crippen LogP contribution in [0.15, 0.2) is 0 Å². The summed E-state index contributed by atoms with van der Waals surface area (Å²) in [6.45, 7) is 5.00. The van der Waals surface area contributed by atoms with Gasteiger partial charge in [-0.2, -0.15) is 0 Å². The van der Waals surface area contributed by atoms with E-state index >= 15 is 0 Å². The summed E-state index contributed by atoms with van der Waals surface area (Å²) in [5, 5.41) is 13.4. The highest BCUT2D eigenvalue weighted by Gasteiger charge is 2.33. The zero-order valence-electron chi connectivity index (χ0n) is 8.26. The second kappa shape index (κ2) is 3.95. The van der Waals surface area contributed by atoms with Gasteiger partial charge in [0.05, 0.1) is 5.60 Å². The van der Waals surface area contributed by atoms with Gasteiger partial charge in [-0.05, 0) is 38.9 Å². The molecule has 1 unspecified atom stereocenters. The summed E-state index contributed by atoms with van der Waals surface area (Å²) < 4.78 is 0. The minimum absolute atomic E-state index is 0.433. The molecule has 76 valence electrons. The summed E-state index contributed by atoms with van der Waals surface area (Å²) in [5.74, 6) is 0. The second-order valence-electron chi connectivity index (χ2n) is 4.49. The number of aliphatic hydroxyl groups is 1. The molecule has 2 N–H and O–H groups in total. The lowest BCUT2D eigenvalue weighted by atomic mass is 10.0. The number of piperidine rings is 1. The molecule has 2 aliphatic rings. The van der Waals surface area contributed by atoms with Crippen LogP contribution in [0.1, 0.15) is 25.7 Å². The van der Waals surface area contributed by atoms with Crippen LogP contribution < -0.4 is 5.32 Å². The zero-order valence-corrected chi connectivity index (χ0v) is 8.26. The van der Waals surface area contributed by atoms with Crippen molar-refractivity contribution in [3.05, 3.63) is 0 Å². The van der Waals surface area contributed by atoms with Gasteiger partial charge in [-0.25, -0.2) is 0 Å². The minimum Gasteiger partial charge on any atom is -0.387 e. The first-order valence-corrected chi connectivity index (χ1v) is 5.44. The quantitative estimate of drug-likeness (QED) is 0.643.